The first-order valence-electron chi connectivity index (χ1n) is 7.47. The predicted octanol–water partition coefficient (Wildman–Crippen LogP) is 7.40. The van der Waals surface area contributed by atoms with Crippen molar-refractivity contribution in [2.24, 2.45) is 0 Å². The van der Waals surface area contributed by atoms with Crippen LogP contribution >= 0.6 is 22.6 Å². The Kier molecular flexibility index (Phi) is 8.23. The Morgan fingerprint density at radius 2 is 1.21 bits per heavy atom. The molecule has 1 unspecified atom stereocenters. The quantitative estimate of drug-likeness (QED) is 0.131. The Morgan fingerprint density at radius 3 is 1.58 bits per heavy atom. The number of halogens is 10. The van der Waals surface area contributed by atoms with Gasteiger partial charge in [-0.15, -0.1) is 0 Å². The number of hydrogen-bond donors (Lipinski definition) is 0. The fourth-order valence-corrected chi connectivity index (χ4v) is 3.04. The summed E-state index contributed by atoms with van der Waals surface area (Å²) in [6.45, 7) is 3.30. The lowest BCUT2D eigenvalue weighted by Gasteiger charge is -2.38. The maximum atomic E-state index is 13.8. The number of alkyl halides is 10. The highest BCUT2D eigenvalue weighted by atomic mass is 127. The summed E-state index contributed by atoms with van der Waals surface area (Å²) in [5.41, 5.74) is 0. The van der Waals surface area contributed by atoms with Gasteiger partial charge in [0.1, 0.15) is 0 Å². The van der Waals surface area contributed by atoms with E-state index in [0.717, 1.165) is 12.8 Å². The average molecular weight is 486 g/mol. The van der Waals surface area contributed by atoms with Gasteiger partial charge in [0.2, 0.25) is 0 Å². The van der Waals surface area contributed by atoms with Crippen molar-refractivity contribution in [1.82, 2.24) is 0 Å². The monoisotopic (exact) mass is 486 g/mol. The van der Waals surface area contributed by atoms with Gasteiger partial charge in [0.05, 0.1) is 0 Å². The molecule has 0 aromatic rings. The zero-order chi connectivity index (χ0) is 19.4. The number of rotatable bonds is 10. The standard InChI is InChI=1S/C14H20F9I/c1-3-5-6-7-8-10(24,4-2)9-11(15,16)12(17,18)13(19,20)14(21,22)23/h3-9H2,1-2H3. The highest BCUT2D eigenvalue weighted by molar-refractivity contribution is 14.1. The third-order valence-electron chi connectivity index (χ3n) is 3.86. The molecule has 0 spiro atoms. The van der Waals surface area contributed by atoms with Gasteiger partial charge in [-0.25, -0.2) is 0 Å². The third kappa shape index (κ3) is 5.30. The van der Waals surface area contributed by atoms with Crippen LogP contribution in [0.3, 0.4) is 0 Å². The van der Waals surface area contributed by atoms with Crippen LogP contribution in [0.1, 0.15) is 58.8 Å². The normalized spacial score (nSPS) is 17.0. The molecule has 0 saturated heterocycles. The maximum absolute atomic E-state index is 13.8. The summed E-state index contributed by atoms with van der Waals surface area (Å²) < 4.78 is 115. The first-order chi connectivity index (χ1) is 10.6. The van der Waals surface area contributed by atoms with Gasteiger partial charge in [0, 0.05) is 9.84 Å². The topological polar surface area (TPSA) is 0 Å². The largest absolute Gasteiger partial charge is 0.460 e. The summed E-state index contributed by atoms with van der Waals surface area (Å²) >= 11 is 1.47. The molecule has 146 valence electrons. The van der Waals surface area contributed by atoms with Crippen molar-refractivity contribution in [3.05, 3.63) is 0 Å². The SMILES string of the molecule is CCCCCCC(I)(CC)CC(F)(F)C(F)(F)C(F)(F)C(F)(F)F. The summed E-state index contributed by atoms with van der Waals surface area (Å²) in [7, 11) is 0. The second kappa shape index (κ2) is 8.20. The molecule has 0 aromatic heterocycles. The number of unbranched alkanes of at least 4 members (excludes halogenated alkanes) is 3. The first kappa shape index (κ1) is 24.1. The van der Waals surface area contributed by atoms with Crippen LogP contribution in [0.2, 0.25) is 0 Å². The maximum Gasteiger partial charge on any atom is 0.460 e. The van der Waals surface area contributed by atoms with Crippen LogP contribution in [0.5, 0.6) is 0 Å². The molecule has 0 amide bonds. The zero-order valence-electron chi connectivity index (χ0n) is 13.2. The molecule has 0 rings (SSSR count). The van der Waals surface area contributed by atoms with Crippen LogP contribution in [-0.2, 0) is 0 Å². The minimum atomic E-state index is -6.81. The van der Waals surface area contributed by atoms with Crippen molar-refractivity contribution < 1.29 is 39.5 Å². The molecule has 24 heavy (non-hydrogen) atoms. The molecule has 0 nitrogen and oxygen atoms in total. The minimum absolute atomic E-state index is 0.0350. The second-order valence-corrected chi connectivity index (χ2v) is 8.13. The smallest absolute Gasteiger partial charge is 0.200 e. The Morgan fingerprint density at radius 1 is 0.708 bits per heavy atom. The minimum Gasteiger partial charge on any atom is -0.200 e. The van der Waals surface area contributed by atoms with E-state index >= 15 is 0 Å². The van der Waals surface area contributed by atoms with Crippen molar-refractivity contribution in [2.45, 2.75) is 86.2 Å². The summed E-state index contributed by atoms with van der Waals surface area (Å²) in [6.07, 6.45) is -5.86. The van der Waals surface area contributed by atoms with Crippen LogP contribution < -0.4 is 0 Å². The van der Waals surface area contributed by atoms with Gasteiger partial charge >= 0.3 is 23.9 Å². The molecule has 1 atom stereocenters. The van der Waals surface area contributed by atoms with Gasteiger partial charge in [-0.05, 0) is 12.8 Å². The summed E-state index contributed by atoms with van der Waals surface area (Å²) in [5.74, 6) is -18.8. The summed E-state index contributed by atoms with van der Waals surface area (Å²) in [4.78, 5) is 0. The molecule has 0 saturated carbocycles. The molecular weight excluding hydrogens is 466 g/mol. The van der Waals surface area contributed by atoms with Crippen molar-refractivity contribution in [1.29, 1.82) is 0 Å². The predicted molar refractivity (Wildman–Crippen MR) is 81.3 cm³/mol. The second-order valence-electron chi connectivity index (χ2n) is 5.84. The molecule has 0 heterocycles. The Hall–Kier alpha value is 0.1000. The van der Waals surface area contributed by atoms with Crippen molar-refractivity contribution >= 4 is 22.6 Å². The molecule has 10 heteroatoms. The van der Waals surface area contributed by atoms with Crippen LogP contribution in [0.25, 0.3) is 0 Å². The van der Waals surface area contributed by atoms with Gasteiger partial charge in [0.15, 0.2) is 0 Å². The van der Waals surface area contributed by atoms with E-state index in [0.29, 0.717) is 12.8 Å². The lowest BCUT2D eigenvalue weighted by molar-refractivity contribution is -0.397. The van der Waals surface area contributed by atoms with E-state index in [1.807, 2.05) is 6.92 Å². The van der Waals surface area contributed by atoms with Crippen LogP contribution in [0.15, 0.2) is 0 Å². The van der Waals surface area contributed by atoms with E-state index in [1.54, 1.807) is 0 Å². The fourth-order valence-electron chi connectivity index (χ4n) is 2.18. The summed E-state index contributed by atoms with van der Waals surface area (Å²) in [5, 5.41) is 0. The lowest BCUT2D eigenvalue weighted by Crippen LogP contribution is -2.62. The Labute approximate surface area is 148 Å². The van der Waals surface area contributed by atoms with Crippen LogP contribution in [0, 0.1) is 0 Å². The van der Waals surface area contributed by atoms with E-state index in [2.05, 4.69) is 0 Å². The lowest BCUT2D eigenvalue weighted by atomic mass is 9.88. The Balaban J connectivity index is 5.33. The Bertz CT molecular complexity index is 392. The molecule has 0 aromatic carbocycles. The van der Waals surface area contributed by atoms with Crippen molar-refractivity contribution in [3.63, 3.8) is 0 Å². The molecule has 0 aliphatic rings. The summed E-state index contributed by atoms with van der Waals surface area (Å²) in [6, 6.07) is 0. The molecule has 0 bridgehead atoms. The molecular formula is C14H20F9I. The van der Waals surface area contributed by atoms with E-state index in [-0.39, 0.29) is 12.8 Å². The van der Waals surface area contributed by atoms with Gasteiger partial charge in [-0.1, -0.05) is 62.1 Å². The van der Waals surface area contributed by atoms with Crippen molar-refractivity contribution in [3.8, 4) is 0 Å². The fraction of sp³-hybridized carbons (Fsp3) is 1.00. The highest BCUT2D eigenvalue weighted by Crippen LogP contribution is 2.56. The van der Waals surface area contributed by atoms with E-state index in [9.17, 15) is 39.5 Å². The van der Waals surface area contributed by atoms with E-state index in [1.165, 1.54) is 29.5 Å². The molecule has 0 N–H and O–H groups in total. The molecule has 0 radical (unpaired) electrons. The third-order valence-corrected chi connectivity index (χ3v) is 5.54. The molecule has 0 aliphatic carbocycles. The van der Waals surface area contributed by atoms with E-state index < -0.39 is 33.8 Å². The zero-order valence-corrected chi connectivity index (χ0v) is 15.4. The number of hydrogen-bond acceptors (Lipinski definition) is 0. The van der Waals surface area contributed by atoms with Gasteiger partial charge in [-0.3, -0.25) is 0 Å². The van der Waals surface area contributed by atoms with Crippen LogP contribution in [-0.4, -0.2) is 27.4 Å². The van der Waals surface area contributed by atoms with Crippen LogP contribution in [0.4, 0.5) is 39.5 Å². The van der Waals surface area contributed by atoms with Gasteiger partial charge in [-0.2, -0.15) is 39.5 Å². The first-order valence-corrected chi connectivity index (χ1v) is 8.55. The van der Waals surface area contributed by atoms with Gasteiger partial charge in [0.25, 0.3) is 0 Å². The molecule has 0 fully saturated rings. The van der Waals surface area contributed by atoms with Gasteiger partial charge < -0.3 is 0 Å². The van der Waals surface area contributed by atoms with Crippen molar-refractivity contribution in [2.75, 3.05) is 0 Å². The molecule has 0 aliphatic heterocycles. The average Bonchev–Trinajstić information content (AvgIpc) is 2.41. The highest BCUT2D eigenvalue weighted by Gasteiger charge is 2.81. The van der Waals surface area contributed by atoms with E-state index in [4.69, 9.17) is 0 Å².